The van der Waals surface area contributed by atoms with Crippen LogP contribution in [0.25, 0.3) is 0 Å². The van der Waals surface area contributed by atoms with Crippen LogP contribution in [0, 0.1) is 10.1 Å². The molecule has 0 atom stereocenters. The topological polar surface area (TPSA) is 136 Å². The minimum absolute atomic E-state index is 0.0429. The van der Waals surface area contributed by atoms with E-state index in [1.54, 1.807) is 31.2 Å². The second-order valence-corrected chi connectivity index (χ2v) is 7.01. The number of nitro groups is 1. The molecule has 0 saturated heterocycles. The number of nitrogens with zero attached hydrogens (tertiary/aromatic N) is 2. The maximum Gasteiger partial charge on any atom is 0.293 e. The number of hydrogen-bond acceptors (Lipinski definition) is 6. The molecule has 154 valence electrons. The molecule has 30 heavy (non-hydrogen) atoms. The summed E-state index contributed by atoms with van der Waals surface area (Å²) in [6.07, 6.45) is 0. The third-order valence-corrected chi connectivity index (χ3v) is 5.02. The number of carbonyl (C=O) groups excluding carboxylic acids is 3. The van der Waals surface area contributed by atoms with E-state index in [9.17, 15) is 24.5 Å². The van der Waals surface area contributed by atoms with E-state index in [0.29, 0.717) is 11.1 Å². The normalized spacial score (nSPS) is 13.7. The number of anilines is 1. The number of carbonyl (C=O) groups is 3. The number of fused-ring (bicyclic) bond motifs is 1. The molecule has 0 saturated carbocycles. The van der Waals surface area contributed by atoms with Gasteiger partial charge in [0.15, 0.2) is 0 Å². The Bertz CT molecular complexity index is 1070. The molecule has 1 aliphatic rings. The Balaban J connectivity index is 1.74. The van der Waals surface area contributed by atoms with Gasteiger partial charge in [0.1, 0.15) is 5.69 Å². The summed E-state index contributed by atoms with van der Waals surface area (Å²) in [6.45, 7) is 3.99. The van der Waals surface area contributed by atoms with Crippen molar-refractivity contribution < 1.29 is 19.3 Å². The van der Waals surface area contributed by atoms with Crippen LogP contribution >= 0.6 is 0 Å². The Kier molecular flexibility index (Phi) is 5.63. The van der Waals surface area contributed by atoms with Gasteiger partial charge in [-0.1, -0.05) is 23.3 Å². The highest BCUT2D eigenvalue weighted by Gasteiger charge is 2.35. The van der Waals surface area contributed by atoms with E-state index in [1.165, 1.54) is 17.0 Å². The zero-order valence-corrected chi connectivity index (χ0v) is 16.5. The molecular formula is C21H20N4O5. The molecule has 2 aromatic rings. The van der Waals surface area contributed by atoms with Crippen molar-refractivity contribution in [2.24, 2.45) is 5.73 Å². The molecular weight excluding hydrogens is 388 g/mol. The molecule has 9 nitrogen and oxygen atoms in total. The van der Waals surface area contributed by atoms with Crippen molar-refractivity contribution in [1.29, 1.82) is 0 Å². The van der Waals surface area contributed by atoms with Crippen LogP contribution in [0.15, 0.2) is 53.6 Å². The molecule has 0 aromatic heterocycles. The highest BCUT2D eigenvalue weighted by atomic mass is 16.6. The quantitative estimate of drug-likeness (QED) is 0.313. The summed E-state index contributed by atoms with van der Waals surface area (Å²) in [6, 6.07) is 10.6. The Hall–Kier alpha value is -4.01. The van der Waals surface area contributed by atoms with Crippen molar-refractivity contribution >= 4 is 29.1 Å². The van der Waals surface area contributed by atoms with Gasteiger partial charge in [-0.3, -0.25) is 29.4 Å². The fraction of sp³-hybridized carbons (Fsp3) is 0.190. The summed E-state index contributed by atoms with van der Waals surface area (Å²) >= 11 is 0. The number of imide groups is 1. The lowest BCUT2D eigenvalue weighted by Gasteiger charge is -2.17. The number of amides is 3. The van der Waals surface area contributed by atoms with E-state index in [4.69, 9.17) is 5.73 Å². The third kappa shape index (κ3) is 3.90. The summed E-state index contributed by atoms with van der Waals surface area (Å²) in [5.41, 5.74) is 7.56. The van der Waals surface area contributed by atoms with Crippen molar-refractivity contribution in [1.82, 2.24) is 4.90 Å². The first kappa shape index (κ1) is 20.7. The second-order valence-electron chi connectivity index (χ2n) is 7.01. The Morgan fingerprint density at radius 3 is 2.20 bits per heavy atom. The average Bonchev–Trinajstić information content (AvgIpc) is 2.96. The summed E-state index contributed by atoms with van der Waals surface area (Å²) in [4.78, 5) is 48.2. The van der Waals surface area contributed by atoms with Crippen molar-refractivity contribution in [3.05, 3.63) is 80.4 Å². The molecule has 0 spiro atoms. The first-order valence-electron chi connectivity index (χ1n) is 9.13. The molecule has 3 amide bonds. The monoisotopic (exact) mass is 408 g/mol. The molecule has 0 aliphatic carbocycles. The molecule has 1 heterocycles. The minimum Gasteiger partial charge on any atom is -0.376 e. The number of primary amides is 1. The number of nitro benzene ring substituents is 1. The standard InChI is InChI=1S/C21H20N4O5/c1-12(10-23-17-8-7-14(19(22)26)9-18(17)25(29)30)13(2)11-24-20(27)15-5-3-4-6-16(15)21(24)28/h3-9,23H,10-11H2,1-2H3,(H2,22,26). The van der Waals surface area contributed by atoms with E-state index in [-0.39, 0.29) is 41.8 Å². The van der Waals surface area contributed by atoms with E-state index < -0.39 is 10.8 Å². The maximum atomic E-state index is 12.5. The van der Waals surface area contributed by atoms with Crippen LogP contribution in [0.1, 0.15) is 44.9 Å². The summed E-state index contributed by atoms with van der Waals surface area (Å²) in [5.74, 6) is -1.43. The summed E-state index contributed by atoms with van der Waals surface area (Å²) < 4.78 is 0. The summed E-state index contributed by atoms with van der Waals surface area (Å²) in [5, 5.41) is 14.3. The lowest BCUT2D eigenvalue weighted by molar-refractivity contribution is -0.384. The Morgan fingerprint density at radius 1 is 1.07 bits per heavy atom. The van der Waals surface area contributed by atoms with Crippen LogP contribution in [-0.2, 0) is 0 Å². The predicted molar refractivity (Wildman–Crippen MR) is 110 cm³/mol. The minimum atomic E-state index is -0.752. The van der Waals surface area contributed by atoms with Gasteiger partial charge in [0, 0.05) is 18.2 Å². The van der Waals surface area contributed by atoms with Gasteiger partial charge in [-0.05, 0) is 38.1 Å². The largest absolute Gasteiger partial charge is 0.376 e. The Labute approximate surface area is 172 Å². The van der Waals surface area contributed by atoms with Gasteiger partial charge in [0.25, 0.3) is 17.5 Å². The van der Waals surface area contributed by atoms with Gasteiger partial charge in [0.2, 0.25) is 5.91 Å². The number of nitrogens with two attached hydrogens (primary N) is 1. The van der Waals surface area contributed by atoms with Crippen LogP contribution in [0.2, 0.25) is 0 Å². The molecule has 0 unspecified atom stereocenters. The van der Waals surface area contributed by atoms with Crippen LogP contribution in [0.5, 0.6) is 0 Å². The number of benzene rings is 2. The van der Waals surface area contributed by atoms with E-state index in [1.807, 2.05) is 6.92 Å². The van der Waals surface area contributed by atoms with E-state index >= 15 is 0 Å². The van der Waals surface area contributed by atoms with Gasteiger partial charge in [-0.2, -0.15) is 0 Å². The lowest BCUT2D eigenvalue weighted by Crippen LogP contribution is -2.31. The molecule has 9 heteroatoms. The predicted octanol–water partition coefficient (Wildman–Crippen LogP) is 2.74. The molecule has 2 aromatic carbocycles. The molecule has 0 bridgehead atoms. The maximum absolute atomic E-state index is 12.5. The lowest BCUT2D eigenvalue weighted by atomic mass is 10.1. The second kappa shape index (κ2) is 8.16. The smallest absolute Gasteiger partial charge is 0.293 e. The van der Waals surface area contributed by atoms with Gasteiger partial charge in [-0.15, -0.1) is 0 Å². The van der Waals surface area contributed by atoms with Crippen LogP contribution in [0.4, 0.5) is 11.4 Å². The molecule has 0 radical (unpaired) electrons. The van der Waals surface area contributed by atoms with Gasteiger partial charge in [-0.25, -0.2) is 0 Å². The van der Waals surface area contributed by atoms with Crippen molar-refractivity contribution in [3.8, 4) is 0 Å². The van der Waals surface area contributed by atoms with Gasteiger partial charge < -0.3 is 11.1 Å². The fourth-order valence-electron chi connectivity index (χ4n) is 3.12. The SMILES string of the molecule is CC(CNc1ccc(C(N)=O)cc1[N+](=O)[O-])=C(C)CN1C(=O)c2ccccc2C1=O. The molecule has 0 fully saturated rings. The molecule has 3 N–H and O–H groups in total. The van der Waals surface area contributed by atoms with Crippen LogP contribution in [0.3, 0.4) is 0 Å². The third-order valence-electron chi connectivity index (χ3n) is 5.02. The highest BCUT2D eigenvalue weighted by molar-refractivity contribution is 6.21. The van der Waals surface area contributed by atoms with Crippen LogP contribution in [-0.4, -0.2) is 40.6 Å². The van der Waals surface area contributed by atoms with Crippen molar-refractivity contribution in [2.75, 3.05) is 18.4 Å². The van der Waals surface area contributed by atoms with Gasteiger partial charge in [0.05, 0.1) is 22.6 Å². The first-order chi connectivity index (χ1) is 14.2. The summed E-state index contributed by atoms with van der Waals surface area (Å²) in [7, 11) is 0. The van der Waals surface area contributed by atoms with Crippen molar-refractivity contribution in [3.63, 3.8) is 0 Å². The van der Waals surface area contributed by atoms with E-state index in [0.717, 1.165) is 17.2 Å². The van der Waals surface area contributed by atoms with Gasteiger partial charge >= 0.3 is 0 Å². The Morgan fingerprint density at radius 2 is 1.67 bits per heavy atom. The zero-order chi connectivity index (χ0) is 22.0. The van der Waals surface area contributed by atoms with Crippen LogP contribution < -0.4 is 11.1 Å². The molecule has 1 aliphatic heterocycles. The molecule has 3 rings (SSSR count). The first-order valence-corrected chi connectivity index (χ1v) is 9.13. The average molecular weight is 408 g/mol. The fourth-order valence-corrected chi connectivity index (χ4v) is 3.12. The van der Waals surface area contributed by atoms with E-state index in [2.05, 4.69) is 5.32 Å². The number of rotatable bonds is 7. The highest BCUT2D eigenvalue weighted by Crippen LogP contribution is 2.27. The zero-order valence-electron chi connectivity index (χ0n) is 16.5. The number of hydrogen-bond donors (Lipinski definition) is 2. The van der Waals surface area contributed by atoms with Crippen molar-refractivity contribution in [2.45, 2.75) is 13.8 Å². The number of nitrogens with one attached hydrogen (secondary N) is 1.